The van der Waals surface area contributed by atoms with Crippen LogP contribution < -0.4 is 9.64 Å². The Morgan fingerprint density at radius 1 is 1.11 bits per heavy atom. The predicted octanol–water partition coefficient (Wildman–Crippen LogP) is 4.20. The average Bonchev–Trinajstić information content (AvgIpc) is 2.46. The highest BCUT2D eigenvalue weighted by atomic mass is 35.5. The molecule has 0 saturated heterocycles. The molecule has 0 unspecified atom stereocenters. The minimum atomic E-state index is 0.504. The average molecular weight is 262 g/mol. The topological polar surface area (TPSA) is 12.5 Å². The van der Waals surface area contributed by atoms with Crippen LogP contribution >= 0.6 is 11.6 Å². The lowest BCUT2D eigenvalue weighted by Crippen LogP contribution is -2.11. The van der Waals surface area contributed by atoms with Gasteiger partial charge in [-0.25, -0.2) is 0 Å². The summed E-state index contributed by atoms with van der Waals surface area (Å²) in [5, 5.41) is 0. The van der Waals surface area contributed by atoms with E-state index in [0.29, 0.717) is 5.88 Å². The van der Waals surface area contributed by atoms with Gasteiger partial charge in [0, 0.05) is 30.4 Å². The number of anilines is 2. The fraction of sp³-hybridized carbons (Fsp3) is 0.200. The molecule has 2 aromatic rings. The van der Waals surface area contributed by atoms with E-state index < -0.39 is 0 Å². The molecule has 94 valence electrons. The number of methoxy groups -OCH3 is 1. The van der Waals surface area contributed by atoms with Crippen LogP contribution in [0.15, 0.2) is 48.5 Å². The van der Waals surface area contributed by atoms with Crippen LogP contribution in [0.1, 0.15) is 5.56 Å². The summed E-state index contributed by atoms with van der Waals surface area (Å²) >= 11 is 5.97. The summed E-state index contributed by atoms with van der Waals surface area (Å²) in [5.74, 6) is 1.35. The smallest absolute Gasteiger partial charge is 0.120 e. The summed E-state index contributed by atoms with van der Waals surface area (Å²) in [6.45, 7) is 0. The highest BCUT2D eigenvalue weighted by molar-refractivity contribution is 6.17. The van der Waals surface area contributed by atoms with Crippen molar-refractivity contribution in [1.29, 1.82) is 0 Å². The molecule has 2 rings (SSSR count). The van der Waals surface area contributed by atoms with Crippen molar-refractivity contribution in [3.63, 3.8) is 0 Å². The minimum absolute atomic E-state index is 0.504. The lowest BCUT2D eigenvalue weighted by molar-refractivity contribution is 0.415. The van der Waals surface area contributed by atoms with Crippen molar-refractivity contribution < 1.29 is 4.74 Å². The van der Waals surface area contributed by atoms with E-state index in [2.05, 4.69) is 11.0 Å². The maximum atomic E-state index is 5.97. The molecule has 2 nitrogen and oxygen atoms in total. The molecule has 0 aliphatic carbocycles. The van der Waals surface area contributed by atoms with Crippen molar-refractivity contribution in [3.8, 4) is 5.75 Å². The molecule has 0 N–H and O–H groups in total. The van der Waals surface area contributed by atoms with E-state index in [9.17, 15) is 0 Å². The zero-order valence-corrected chi connectivity index (χ0v) is 11.3. The number of hydrogen-bond donors (Lipinski definition) is 0. The zero-order chi connectivity index (χ0) is 13.0. The number of ether oxygens (including phenoxy) is 1. The van der Waals surface area contributed by atoms with Crippen LogP contribution in [-0.4, -0.2) is 14.2 Å². The van der Waals surface area contributed by atoms with E-state index in [0.717, 1.165) is 22.7 Å². The Hall–Kier alpha value is -1.67. The monoisotopic (exact) mass is 261 g/mol. The fourth-order valence-electron chi connectivity index (χ4n) is 1.91. The summed E-state index contributed by atoms with van der Waals surface area (Å²) in [6.07, 6.45) is 0. The summed E-state index contributed by atoms with van der Waals surface area (Å²) < 4.78 is 5.24. The second kappa shape index (κ2) is 5.78. The molecule has 0 amide bonds. The van der Waals surface area contributed by atoms with Crippen molar-refractivity contribution in [1.82, 2.24) is 0 Å². The van der Waals surface area contributed by atoms with Gasteiger partial charge in [0.25, 0.3) is 0 Å². The molecule has 0 spiro atoms. The third-order valence-corrected chi connectivity index (χ3v) is 3.23. The maximum Gasteiger partial charge on any atom is 0.120 e. The third-order valence-electron chi connectivity index (χ3n) is 2.94. The normalized spacial score (nSPS) is 10.2. The van der Waals surface area contributed by atoms with E-state index in [1.807, 2.05) is 49.5 Å². The Balaban J connectivity index is 2.37. The van der Waals surface area contributed by atoms with Crippen LogP contribution in [-0.2, 0) is 5.88 Å². The van der Waals surface area contributed by atoms with Crippen LogP contribution in [0.5, 0.6) is 5.75 Å². The van der Waals surface area contributed by atoms with Crippen molar-refractivity contribution >= 4 is 23.0 Å². The van der Waals surface area contributed by atoms with Crippen molar-refractivity contribution in [2.45, 2.75) is 5.88 Å². The first-order valence-corrected chi connectivity index (χ1v) is 6.31. The van der Waals surface area contributed by atoms with Gasteiger partial charge >= 0.3 is 0 Å². The lowest BCUT2D eigenvalue weighted by Gasteiger charge is -2.22. The van der Waals surface area contributed by atoms with Gasteiger partial charge in [0.1, 0.15) is 5.75 Å². The highest BCUT2D eigenvalue weighted by Crippen LogP contribution is 2.29. The van der Waals surface area contributed by atoms with Crippen LogP contribution in [0.2, 0.25) is 0 Å². The van der Waals surface area contributed by atoms with E-state index in [1.54, 1.807) is 7.11 Å². The summed E-state index contributed by atoms with van der Waals surface area (Å²) in [5.41, 5.74) is 3.30. The number of para-hydroxylation sites is 1. The Labute approximate surface area is 113 Å². The van der Waals surface area contributed by atoms with Gasteiger partial charge in [-0.2, -0.15) is 0 Å². The Morgan fingerprint density at radius 3 is 2.61 bits per heavy atom. The standard InChI is InChI=1S/C15H16ClNO/c1-17(13-7-5-8-14(10-13)18-2)15-9-4-3-6-12(15)11-16/h3-10H,11H2,1-2H3. The van der Waals surface area contributed by atoms with Gasteiger partial charge < -0.3 is 9.64 Å². The molecule has 2 aromatic carbocycles. The van der Waals surface area contributed by atoms with Crippen molar-refractivity contribution in [3.05, 3.63) is 54.1 Å². The number of rotatable bonds is 4. The first kappa shape index (κ1) is 12.8. The quantitative estimate of drug-likeness (QED) is 0.765. The van der Waals surface area contributed by atoms with Crippen molar-refractivity contribution in [2.75, 3.05) is 19.1 Å². The minimum Gasteiger partial charge on any atom is -0.497 e. The summed E-state index contributed by atoms with van der Waals surface area (Å²) in [6, 6.07) is 16.1. The van der Waals surface area contributed by atoms with Crippen LogP contribution in [0.4, 0.5) is 11.4 Å². The molecular weight excluding hydrogens is 246 g/mol. The number of hydrogen-bond acceptors (Lipinski definition) is 2. The third kappa shape index (κ3) is 2.59. The van der Waals surface area contributed by atoms with Crippen LogP contribution in [0.25, 0.3) is 0 Å². The molecule has 0 aliphatic rings. The number of halogens is 1. The molecule has 18 heavy (non-hydrogen) atoms. The molecule has 0 fully saturated rings. The van der Waals surface area contributed by atoms with Gasteiger partial charge in [-0.15, -0.1) is 11.6 Å². The molecule has 0 aliphatic heterocycles. The van der Waals surface area contributed by atoms with Gasteiger partial charge in [-0.3, -0.25) is 0 Å². The second-order valence-electron chi connectivity index (χ2n) is 4.02. The van der Waals surface area contributed by atoms with Gasteiger partial charge in [0.2, 0.25) is 0 Å². The first-order chi connectivity index (χ1) is 8.76. The Kier molecular flexibility index (Phi) is 4.11. The van der Waals surface area contributed by atoms with E-state index in [4.69, 9.17) is 16.3 Å². The molecule has 0 bridgehead atoms. The molecule has 0 saturated carbocycles. The highest BCUT2D eigenvalue weighted by Gasteiger charge is 2.08. The second-order valence-corrected chi connectivity index (χ2v) is 4.29. The zero-order valence-electron chi connectivity index (χ0n) is 10.6. The van der Waals surface area contributed by atoms with Crippen molar-refractivity contribution in [2.24, 2.45) is 0 Å². The van der Waals surface area contributed by atoms with Gasteiger partial charge in [-0.1, -0.05) is 24.3 Å². The van der Waals surface area contributed by atoms with E-state index in [1.165, 1.54) is 0 Å². The number of alkyl halides is 1. The molecule has 0 atom stereocenters. The van der Waals surface area contributed by atoms with Gasteiger partial charge in [-0.05, 0) is 23.8 Å². The molecule has 3 heteroatoms. The Bertz CT molecular complexity index is 527. The fourth-order valence-corrected chi connectivity index (χ4v) is 2.14. The molecule has 0 aromatic heterocycles. The Morgan fingerprint density at radius 2 is 1.89 bits per heavy atom. The lowest BCUT2D eigenvalue weighted by atomic mass is 10.1. The summed E-state index contributed by atoms with van der Waals surface area (Å²) in [7, 11) is 3.70. The summed E-state index contributed by atoms with van der Waals surface area (Å²) in [4.78, 5) is 2.11. The van der Waals surface area contributed by atoms with Crippen LogP contribution in [0, 0.1) is 0 Å². The number of benzene rings is 2. The number of nitrogens with zero attached hydrogens (tertiary/aromatic N) is 1. The molecular formula is C15H16ClNO. The SMILES string of the molecule is COc1cccc(N(C)c2ccccc2CCl)c1. The van der Waals surface area contributed by atoms with Gasteiger partial charge in [0.15, 0.2) is 0 Å². The predicted molar refractivity (Wildman–Crippen MR) is 77.1 cm³/mol. The maximum absolute atomic E-state index is 5.97. The van der Waals surface area contributed by atoms with Crippen LogP contribution in [0.3, 0.4) is 0 Å². The molecule has 0 radical (unpaired) electrons. The van der Waals surface area contributed by atoms with E-state index in [-0.39, 0.29) is 0 Å². The first-order valence-electron chi connectivity index (χ1n) is 5.78. The molecule has 0 heterocycles. The largest absolute Gasteiger partial charge is 0.497 e. The van der Waals surface area contributed by atoms with E-state index >= 15 is 0 Å². The van der Waals surface area contributed by atoms with Gasteiger partial charge in [0.05, 0.1) is 7.11 Å².